The Labute approximate surface area is 131 Å². The Morgan fingerprint density at radius 2 is 1.90 bits per heavy atom. The van der Waals surface area contributed by atoms with Crippen LogP contribution < -0.4 is 16.4 Å². The minimum absolute atomic E-state index is 0.0691. The zero-order valence-corrected chi connectivity index (χ0v) is 13.6. The van der Waals surface area contributed by atoms with E-state index in [-0.39, 0.29) is 29.8 Å². The van der Waals surface area contributed by atoms with Gasteiger partial charge in [-0.2, -0.15) is 0 Å². The Morgan fingerprint density at radius 1 is 1.29 bits per heavy atom. The summed E-state index contributed by atoms with van der Waals surface area (Å²) in [6, 6.07) is 0. The summed E-state index contributed by atoms with van der Waals surface area (Å²) in [5.74, 6) is 0.138. The molecule has 1 fully saturated rings. The quantitative estimate of drug-likeness (QED) is 0.589. The van der Waals surface area contributed by atoms with E-state index in [2.05, 4.69) is 10.6 Å². The Bertz CT molecular complexity index is 393. The lowest BCUT2D eigenvalue weighted by Crippen LogP contribution is -2.52. The molecule has 0 atom stereocenters. The van der Waals surface area contributed by atoms with E-state index in [9.17, 15) is 9.59 Å². The van der Waals surface area contributed by atoms with E-state index in [0.29, 0.717) is 38.5 Å². The van der Waals surface area contributed by atoms with Crippen LogP contribution in [0.15, 0.2) is 0 Å². The second-order valence-electron chi connectivity index (χ2n) is 5.76. The number of nitrogens with one attached hydrogen (secondary N) is 2. The first-order valence-electron chi connectivity index (χ1n) is 7.31. The van der Waals surface area contributed by atoms with Gasteiger partial charge >= 0.3 is 0 Å². The molecule has 0 aromatic rings. The summed E-state index contributed by atoms with van der Waals surface area (Å²) < 4.78 is 5.26. The van der Waals surface area contributed by atoms with Crippen molar-refractivity contribution in [3.05, 3.63) is 0 Å². The highest BCUT2D eigenvalue weighted by atomic mass is 32.1. The van der Waals surface area contributed by atoms with Crippen LogP contribution in [0.2, 0.25) is 0 Å². The van der Waals surface area contributed by atoms with Gasteiger partial charge in [-0.3, -0.25) is 9.59 Å². The summed E-state index contributed by atoms with van der Waals surface area (Å²) in [5.41, 5.74) is 4.92. The SMILES string of the molecule is CC(C)CNC(=O)CCNC(=O)C1(C(N)=S)CCOCC1. The van der Waals surface area contributed by atoms with Crippen molar-refractivity contribution in [2.24, 2.45) is 17.1 Å². The summed E-state index contributed by atoms with van der Waals surface area (Å²) in [5, 5.41) is 5.58. The number of thiocarbonyl (C=S) groups is 1. The van der Waals surface area contributed by atoms with Gasteiger partial charge in [-0.25, -0.2) is 0 Å². The van der Waals surface area contributed by atoms with Gasteiger partial charge in [-0.1, -0.05) is 26.1 Å². The molecule has 1 heterocycles. The van der Waals surface area contributed by atoms with Crippen LogP contribution in [0.4, 0.5) is 0 Å². The van der Waals surface area contributed by atoms with Crippen molar-refractivity contribution in [2.75, 3.05) is 26.3 Å². The summed E-state index contributed by atoms with van der Waals surface area (Å²) in [6.45, 7) is 5.92. The van der Waals surface area contributed by atoms with Crippen LogP contribution in [0, 0.1) is 11.3 Å². The molecule has 120 valence electrons. The lowest BCUT2D eigenvalue weighted by Gasteiger charge is -2.34. The van der Waals surface area contributed by atoms with Crippen molar-refractivity contribution >= 4 is 29.0 Å². The maximum atomic E-state index is 12.3. The number of rotatable bonds is 7. The third-order valence-electron chi connectivity index (χ3n) is 3.60. The van der Waals surface area contributed by atoms with Crippen LogP contribution in [-0.4, -0.2) is 43.1 Å². The van der Waals surface area contributed by atoms with E-state index in [4.69, 9.17) is 22.7 Å². The molecule has 4 N–H and O–H groups in total. The van der Waals surface area contributed by atoms with Gasteiger partial charge in [-0.15, -0.1) is 0 Å². The van der Waals surface area contributed by atoms with Gasteiger partial charge in [0.1, 0.15) is 5.41 Å². The molecule has 6 nitrogen and oxygen atoms in total. The fraction of sp³-hybridized carbons (Fsp3) is 0.786. The highest BCUT2D eigenvalue weighted by Gasteiger charge is 2.42. The molecule has 1 rings (SSSR count). The second-order valence-corrected chi connectivity index (χ2v) is 6.20. The van der Waals surface area contributed by atoms with Crippen LogP contribution in [0.3, 0.4) is 0 Å². The molecule has 1 aliphatic heterocycles. The molecular formula is C14H25N3O3S. The Hall–Kier alpha value is -1.21. The molecule has 0 aromatic carbocycles. The molecule has 0 spiro atoms. The predicted molar refractivity (Wildman–Crippen MR) is 84.7 cm³/mol. The van der Waals surface area contributed by atoms with Crippen LogP contribution in [0.25, 0.3) is 0 Å². The van der Waals surface area contributed by atoms with Crippen LogP contribution in [0.1, 0.15) is 33.1 Å². The van der Waals surface area contributed by atoms with Crippen LogP contribution in [-0.2, 0) is 14.3 Å². The summed E-state index contributed by atoms with van der Waals surface area (Å²) >= 11 is 5.06. The second kappa shape index (κ2) is 8.29. The minimum atomic E-state index is -0.831. The topological polar surface area (TPSA) is 93.5 Å². The van der Waals surface area contributed by atoms with Crippen molar-refractivity contribution in [3.63, 3.8) is 0 Å². The smallest absolute Gasteiger partial charge is 0.233 e. The van der Waals surface area contributed by atoms with E-state index < -0.39 is 5.41 Å². The number of carbonyl (C=O) groups is 2. The molecule has 2 amide bonds. The lowest BCUT2D eigenvalue weighted by atomic mass is 9.79. The van der Waals surface area contributed by atoms with Crippen LogP contribution in [0.5, 0.6) is 0 Å². The largest absolute Gasteiger partial charge is 0.392 e. The molecule has 0 bridgehead atoms. The van der Waals surface area contributed by atoms with Crippen molar-refractivity contribution in [3.8, 4) is 0 Å². The highest BCUT2D eigenvalue weighted by molar-refractivity contribution is 7.80. The average Bonchev–Trinajstić information content (AvgIpc) is 2.45. The first kappa shape index (κ1) is 17.8. The van der Waals surface area contributed by atoms with E-state index in [1.54, 1.807) is 0 Å². The Balaban J connectivity index is 2.41. The standard InChI is InChI=1S/C14H25N3O3S/c1-10(2)9-17-11(18)3-6-16-13(19)14(12(15)21)4-7-20-8-5-14/h10H,3-9H2,1-2H3,(H2,15,21)(H,16,19)(H,17,18). The van der Waals surface area contributed by atoms with Gasteiger partial charge in [0.25, 0.3) is 0 Å². The van der Waals surface area contributed by atoms with Crippen LogP contribution >= 0.6 is 12.2 Å². The number of carbonyl (C=O) groups excluding carboxylic acids is 2. The fourth-order valence-electron chi connectivity index (χ4n) is 2.17. The van der Waals surface area contributed by atoms with Crippen molar-refractivity contribution < 1.29 is 14.3 Å². The van der Waals surface area contributed by atoms with Crippen molar-refractivity contribution in [1.29, 1.82) is 0 Å². The monoisotopic (exact) mass is 315 g/mol. The molecule has 0 aliphatic carbocycles. The van der Waals surface area contributed by atoms with E-state index >= 15 is 0 Å². The molecule has 21 heavy (non-hydrogen) atoms. The summed E-state index contributed by atoms with van der Waals surface area (Å²) in [4.78, 5) is 24.1. The van der Waals surface area contributed by atoms with Gasteiger partial charge in [-0.05, 0) is 18.8 Å². The number of nitrogens with two attached hydrogens (primary N) is 1. The van der Waals surface area contributed by atoms with Crippen molar-refractivity contribution in [1.82, 2.24) is 10.6 Å². The third-order valence-corrected chi connectivity index (χ3v) is 3.99. The molecule has 0 aromatic heterocycles. The summed E-state index contributed by atoms with van der Waals surface area (Å²) in [7, 11) is 0. The molecule has 0 saturated carbocycles. The predicted octanol–water partition coefficient (Wildman–Crippen LogP) is 0.348. The fourth-order valence-corrected chi connectivity index (χ4v) is 2.47. The van der Waals surface area contributed by atoms with Gasteiger partial charge in [0.15, 0.2) is 0 Å². The number of ether oxygens (including phenoxy) is 1. The summed E-state index contributed by atoms with van der Waals surface area (Å²) in [6.07, 6.45) is 1.24. The molecule has 1 saturated heterocycles. The highest BCUT2D eigenvalue weighted by Crippen LogP contribution is 2.31. The molecule has 0 radical (unpaired) electrons. The van der Waals surface area contributed by atoms with Gasteiger partial charge in [0.05, 0.1) is 4.99 Å². The van der Waals surface area contributed by atoms with Crippen molar-refractivity contribution in [2.45, 2.75) is 33.1 Å². The van der Waals surface area contributed by atoms with Gasteiger partial charge in [0.2, 0.25) is 11.8 Å². The normalized spacial score (nSPS) is 17.3. The van der Waals surface area contributed by atoms with Gasteiger partial charge in [0, 0.05) is 32.7 Å². The maximum absolute atomic E-state index is 12.3. The van der Waals surface area contributed by atoms with E-state index in [1.807, 2.05) is 13.8 Å². The third kappa shape index (κ3) is 5.24. The van der Waals surface area contributed by atoms with Gasteiger partial charge < -0.3 is 21.1 Å². The number of hydrogen-bond acceptors (Lipinski definition) is 4. The number of amides is 2. The average molecular weight is 315 g/mol. The van der Waals surface area contributed by atoms with E-state index in [1.165, 1.54) is 0 Å². The molecule has 0 unspecified atom stereocenters. The zero-order chi connectivity index (χ0) is 15.9. The maximum Gasteiger partial charge on any atom is 0.233 e. The molecular weight excluding hydrogens is 290 g/mol. The minimum Gasteiger partial charge on any atom is -0.392 e. The molecule has 1 aliphatic rings. The zero-order valence-electron chi connectivity index (χ0n) is 12.7. The Kier molecular flexibility index (Phi) is 7.04. The Morgan fingerprint density at radius 3 is 2.43 bits per heavy atom. The first-order chi connectivity index (χ1) is 9.88. The van der Waals surface area contributed by atoms with E-state index in [0.717, 1.165) is 0 Å². The molecule has 7 heteroatoms. The first-order valence-corrected chi connectivity index (χ1v) is 7.72. The lowest BCUT2D eigenvalue weighted by molar-refractivity contribution is -0.131. The number of hydrogen-bond donors (Lipinski definition) is 3.